The van der Waals surface area contributed by atoms with Crippen LogP contribution in [0.2, 0.25) is 0 Å². The molecule has 0 aliphatic heterocycles. The summed E-state index contributed by atoms with van der Waals surface area (Å²) in [6, 6.07) is 5.40. The Kier molecular flexibility index (Phi) is 7.16. The van der Waals surface area contributed by atoms with E-state index in [2.05, 4.69) is 0 Å². The monoisotopic (exact) mass is 461 g/mol. The first-order valence-electron chi connectivity index (χ1n) is 8.73. The Labute approximate surface area is 175 Å². The fourth-order valence-electron chi connectivity index (χ4n) is 2.54. The molecule has 0 saturated carbocycles. The summed E-state index contributed by atoms with van der Waals surface area (Å²) in [4.78, 5) is 21.3. The van der Waals surface area contributed by atoms with Crippen LogP contribution < -0.4 is 9.46 Å². The lowest BCUT2D eigenvalue weighted by Crippen LogP contribution is -2.15. The topological polar surface area (TPSA) is 130 Å². The van der Waals surface area contributed by atoms with Gasteiger partial charge in [0.15, 0.2) is 0 Å². The largest absolute Gasteiger partial charge is 0.493 e. The molecule has 2 rings (SSSR count). The van der Waals surface area contributed by atoms with Crippen LogP contribution in [0.3, 0.4) is 0 Å². The van der Waals surface area contributed by atoms with Gasteiger partial charge < -0.3 is 14.9 Å². The molecule has 0 atom stereocenters. The minimum absolute atomic E-state index is 0.0925. The average molecular weight is 461 g/mol. The van der Waals surface area contributed by atoms with E-state index >= 15 is 0 Å². The third-order valence-corrected chi connectivity index (χ3v) is 5.39. The summed E-state index contributed by atoms with van der Waals surface area (Å²) in [5, 5.41) is 17.6. The van der Waals surface area contributed by atoms with Crippen LogP contribution in [0.1, 0.15) is 34.3 Å². The number of carbonyl (C=O) groups is 2. The number of carboxylic acid groups (broad SMARTS) is 2. The second-order valence-electron chi connectivity index (χ2n) is 6.48. The number of rotatable bonds is 9. The maximum Gasteiger partial charge on any atom is 0.416 e. The molecule has 0 fully saturated rings. The van der Waals surface area contributed by atoms with E-state index < -0.39 is 45.0 Å². The molecule has 12 heteroatoms. The zero-order chi connectivity index (χ0) is 23.4. The van der Waals surface area contributed by atoms with E-state index in [1.54, 1.807) is 6.92 Å². The van der Waals surface area contributed by atoms with Crippen molar-refractivity contribution in [3.05, 3.63) is 53.1 Å². The van der Waals surface area contributed by atoms with Gasteiger partial charge in [-0.05, 0) is 55.3 Å². The molecule has 2 aromatic carbocycles. The lowest BCUT2D eigenvalue weighted by atomic mass is 10.1. The molecular weight excluding hydrogens is 443 g/mol. The van der Waals surface area contributed by atoms with Crippen molar-refractivity contribution in [3.63, 3.8) is 0 Å². The molecule has 31 heavy (non-hydrogen) atoms. The molecule has 0 bridgehead atoms. The summed E-state index contributed by atoms with van der Waals surface area (Å²) < 4.78 is 71.6. The summed E-state index contributed by atoms with van der Waals surface area (Å²) in [6.45, 7) is 1.64. The highest BCUT2D eigenvalue weighted by Gasteiger charge is 2.32. The van der Waals surface area contributed by atoms with Crippen LogP contribution in [-0.4, -0.2) is 37.2 Å². The molecule has 0 heterocycles. The minimum atomic E-state index is -4.87. The number of sulfonamides is 1. The van der Waals surface area contributed by atoms with E-state index in [9.17, 15) is 31.2 Å². The van der Waals surface area contributed by atoms with Crippen LogP contribution in [0, 0.1) is 6.92 Å². The summed E-state index contributed by atoms with van der Waals surface area (Å²) in [7, 11) is -4.34. The second-order valence-corrected chi connectivity index (χ2v) is 8.16. The molecule has 2 aromatic rings. The predicted octanol–water partition coefficient (Wildman–Crippen LogP) is 3.76. The van der Waals surface area contributed by atoms with Crippen molar-refractivity contribution >= 4 is 27.6 Å². The number of benzene rings is 2. The van der Waals surface area contributed by atoms with Gasteiger partial charge in [0, 0.05) is 6.42 Å². The summed E-state index contributed by atoms with van der Waals surface area (Å²) in [5.41, 5.74) is -2.20. The predicted molar refractivity (Wildman–Crippen MR) is 103 cm³/mol. The first-order valence-corrected chi connectivity index (χ1v) is 10.2. The molecule has 8 nitrogen and oxygen atoms in total. The molecule has 0 aromatic heterocycles. The fraction of sp³-hybridized carbons (Fsp3) is 0.263. The van der Waals surface area contributed by atoms with Crippen LogP contribution in [-0.2, 0) is 21.0 Å². The van der Waals surface area contributed by atoms with Gasteiger partial charge in [-0.25, -0.2) is 13.2 Å². The molecule has 3 N–H and O–H groups in total. The van der Waals surface area contributed by atoms with Crippen molar-refractivity contribution in [2.45, 2.75) is 30.8 Å². The summed E-state index contributed by atoms with van der Waals surface area (Å²) in [5.74, 6) is -2.31. The number of aryl methyl sites for hydroxylation is 1. The number of hydrogen-bond donors (Lipinski definition) is 3. The molecule has 0 aliphatic carbocycles. The molecular formula is C19H18F3NO7S. The van der Waals surface area contributed by atoms with E-state index in [4.69, 9.17) is 14.9 Å². The molecule has 168 valence electrons. The molecule has 0 saturated heterocycles. The third kappa shape index (κ3) is 6.60. The van der Waals surface area contributed by atoms with Crippen molar-refractivity contribution in [3.8, 4) is 5.75 Å². The maximum atomic E-state index is 13.0. The first kappa shape index (κ1) is 24.0. The van der Waals surface area contributed by atoms with E-state index in [1.165, 1.54) is 12.1 Å². The number of hydrogen-bond acceptors (Lipinski definition) is 5. The highest BCUT2D eigenvalue weighted by molar-refractivity contribution is 7.92. The summed E-state index contributed by atoms with van der Waals surface area (Å²) in [6.07, 6.45) is -4.72. The fourth-order valence-corrected chi connectivity index (χ4v) is 3.67. The number of carboxylic acids is 2. The Hall–Kier alpha value is -3.28. The number of alkyl halides is 3. The SMILES string of the molecule is Cc1cc(S(=O)(=O)Nc2cc(C(=O)O)cc(C(F)(F)F)c2)ccc1OCCCC(=O)O. The highest BCUT2D eigenvalue weighted by atomic mass is 32.2. The third-order valence-electron chi connectivity index (χ3n) is 4.01. The Morgan fingerprint density at radius 1 is 1.10 bits per heavy atom. The Bertz CT molecular complexity index is 1100. The van der Waals surface area contributed by atoms with Crippen LogP contribution in [0.15, 0.2) is 41.3 Å². The number of aliphatic carboxylic acids is 1. The van der Waals surface area contributed by atoms with Gasteiger partial charge in [-0.1, -0.05) is 0 Å². The standard InChI is InChI=1S/C19H18F3NO7S/c1-11-7-15(4-5-16(11)30-6-2-3-17(24)25)31(28,29)23-14-9-12(18(26)27)8-13(10-14)19(20,21)22/h4-5,7-10,23H,2-3,6H2,1H3,(H,24,25)(H,26,27). The van der Waals surface area contributed by atoms with Crippen molar-refractivity contribution in [1.29, 1.82) is 0 Å². The van der Waals surface area contributed by atoms with E-state index in [0.29, 0.717) is 23.4 Å². The number of anilines is 1. The zero-order valence-corrected chi connectivity index (χ0v) is 16.9. The van der Waals surface area contributed by atoms with Crippen molar-refractivity contribution in [1.82, 2.24) is 0 Å². The average Bonchev–Trinajstić information content (AvgIpc) is 2.64. The van der Waals surface area contributed by atoms with E-state index in [-0.39, 0.29) is 24.3 Å². The van der Waals surface area contributed by atoms with Crippen molar-refractivity contribution in [2.75, 3.05) is 11.3 Å². The molecule has 0 unspecified atom stereocenters. The van der Waals surface area contributed by atoms with Gasteiger partial charge in [0.2, 0.25) is 0 Å². The molecule has 0 spiro atoms. The van der Waals surface area contributed by atoms with Gasteiger partial charge in [0.25, 0.3) is 10.0 Å². The van der Waals surface area contributed by atoms with Gasteiger partial charge in [-0.3, -0.25) is 9.52 Å². The Morgan fingerprint density at radius 3 is 2.32 bits per heavy atom. The number of ether oxygens (including phenoxy) is 1. The smallest absolute Gasteiger partial charge is 0.416 e. The maximum absolute atomic E-state index is 13.0. The summed E-state index contributed by atoms with van der Waals surface area (Å²) >= 11 is 0. The number of halogens is 3. The highest BCUT2D eigenvalue weighted by Crippen LogP contribution is 2.33. The zero-order valence-electron chi connectivity index (χ0n) is 16.1. The second kappa shape index (κ2) is 9.25. The quantitative estimate of drug-likeness (QED) is 0.485. The lowest BCUT2D eigenvalue weighted by Gasteiger charge is -2.14. The minimum Gasteiger partial charge on any atom is -0.493 e. The van der Waals surface area contributed by atoms with Crippen LogP contribution >= 0.6 is 0 Å². The van der Waals surface area contributed by atoms with Crippen LogP contribution in [0.5, 0.6) is 5.75 Å². The normalized spacial score (nSPS) is 11.7. The molecule has 0 aliphatic rings. The van der Waals surface area contributed by atoms with E-state index in [0.717, 1.165) is 12.1 Å². The molecule has 0 radical (unpaired) electrons. The lowest BCUT2D eigenvalue weighted by molar-refractivity contribution is -0.138. The van der Waals surface area contributed by atoms with Gasteiger partial charge in [-0.15, -0.1) is 0 Å². The van der Waals surface area contributed by atoms with Crippen molar-refractivity contribution < 1.29 is 46.1 Å². The Balaban J connectivity index is 2.26. The van der Waals surface area contributed by atoms with Gasteiger partial charge >= 0.3 is 18.1 Å². The first-order chi connectivity index (χ1) is 14.3. The van der Waals surface area contributed by atoms with Crippen LogP contribution in [0.25, 0.3) is 0 Å². The van der Waals surface area contributed by atoms with Gasteiger partial charge in [-0.2, -0.15) is 13.2 Å². The van der Waals surface area contributed by atoms with E-state index in [1.807, 2.05) is 4.72 Å². The van der Waals surface area contributed by atoms with Gasteiger partial charge in [0.05, 0.1) is 28.3 Å². The molecule has 0 amide bonds. The number of nitrogens with one attached hydrogen (secondary N) is 1. The van der Waals surface area contributed by atoms with Gasteiger partial charge in [0.1, 0.15) is 5.75 Å². The number of aromatic carboxylic acids is 1. The van der Waals surface area contributed by atoms with Crippen molar-refractivity contribution in [2.24, 2.45) is 0 Å². The Morgan fingerprint density at radius 2 is 1.77 bits per heavy atom. The van der Waals surface area contributed by atoms with Crippen LogP contribution in [0.4, 0.5) is 18.9 Å².